The summed E-state index contributed by atoms with van der Waals surface area (Å²) in [5.41, 5.74) is -0.756. The largest absolute Gasteiger partial charge is 0.478 e. The summed E-state index contributed by atoms with van der Waals surface area (Å²) in [4.78, 5) is 35.8. The third-order valence-electron chi connectivity index (χ3n) is 3.51. The van der Waals surface area contributed by atoms with Crippen molar-refractivity contribution in [1.29, 1.82) is 0 Å². The molecule has 19 heavy (non-hydrogen) atoms. The van der Waals surface area contributed by atoms with Gasteiger partial charge in [-0.15, -0.1) is 0 Å². The Bertz CT molecular complexity index is 451. The Morgan fingerprint density at radius 2 is 2.11 bits per heavy atom. The van der Waals surface area contributed by atoms with Crippen molar-refractivity contribution in [1.82, 2.24) is 10.2 Å². The van der Waals surface area contributed by atoms with Crippen LogP contribution < -0.4 is 5.32 Å². The van der Waals surface area contributed by atoms with Crippen LogP contribution >= 0.6 is 0 Å². The summed E-state index contributed by atoms with van der Waals surface area (Å²) in [6.07, 6.45) is 2.27. The van der Waals surface area contributed by atoms with E-state index in [0.717, 1.165) is 4.90 Å². The number of hydrogen-bond donors (Lipinski definition) is 2. The lowest BCUT2D eigenvalue weighted by molar-refractivity contribution is -0.134. The van der Waals surface area contributed by atoms with E-state index in [9.17, 15) is 14.4 Å². The fourth-order valence-electron chi connectivity index (χ4n) is 2.22. The minimum atomic E-state index is -1.06. The molecule has 0 saturated carbocycles. The first kappa shape index (κ1) is 13.5. The maximum Gasteiger partial charge on any atom is 0.331 e. The van der Waals surface area contributed by atoms with Crippen molar-refractivity contribution in [2.75, 3.05) is 19.8 Å². The summed E-state index contributed by atoms with van der Waals surface area (Å²) < 4.78 is 5.19. The van der Waals surface area contributed by atoms with Gasteiger partial charge in [0.25, 0.3) is 5.91 Å². The first-order valence-electron chi connectivity index (χ1n) is 6.08. The number of rotatable bonds is 3. The molecular weight excluding hydrogens is 252 g/mol. The summed E-state index contributed by atoms with van der Waals surface area (Å²) in [5, 5.41) is 11.4. The molecule has 0 radical (unpaired) electrons. The monoisotopic (exact) mass is 268 g/mol. The molecule has 7 heteroatoms. The van der Waals surface area contributed by atoms with Crippen molar-refractivity contribution in [2.24, 2.45) is 0 Å². The first-order chi connectivity index (χ1) is 8.96. The normalized spacial score (nSPS) is 22.8. The molecule has 104 valence electrons. The number of hydrogen-bond acceptors (Lipinski definition) is 4. The van der Waals surface area contributed by atoms with Crippen molar-refractivity contribution < 1.29 is 24.2 Å². The van der Waals surface area contributed by atoms with Crippen molar-refractivity contribution in [2.45, 2.75) is 25.3 Å². The number of imide groups is 1. The molecule has 1 spiro atoms. The van der Waals surface area contributed by atoms with E-state index in [0.29, 0.717) is 26.1 Å². The average Bonchev–Trinajstić information content (AvgIpc) is 2.59. The maximum atomic E-state index is 12.3. The summed E-state index contributed by atoms with van der Waals surface area (Å²) in [7, 11) is 0. The second kappa shape index (κ2) is 5.00. The van der Waals surface area contributed by atoms with Crippen molar-refractivity contribution in [3.05, 3.63) is 11.6 Å². The van der Waals surface area contributed by atoms with Gasteiger partial charge in [-0.3, -0.25) is 9.69 Å². The lowest BCUT2D eigenvalue weighted by Crippen LogP contribution is -2.51. The highest BCUT2D eigenvalue weighted by Gasteiger charge is 2.51. The van der Waals surface area contributed by atoms with Crippen molar-refractivity contribution in [3.63, 3.8) is 0 Å². The van der Waals surface area contributed by atoms with Crippen LogP contribution in [0, 0.1) is 0 Å². The molecular formula is C12H16N2O5. The van der Waals surface area contributed by atoms with E-state index >= 15 is 0 Å². The Balaban J connectivity index is 2.10. The van der Waals surface area contributed by atoms with Gasteiger partial charge in [-0.25, -0.2) is 9.59 Å². The van der Waals surface area contributed by atoms with E-state index in [4.69, 9.17) is 9.84 Å². The zero-order valence-corrected chi connectivity index (χ0v) is 10.6. The molecule has 0 unspecified atom stereocenters. The van der Waals surface area contributed by atoms with Crippen LogP contribution in [0.15, 0.2) is 11.6 Å². The fraction of sp³-hybridized carbons (Fsp3) is 0.583. The molecule has 2 saturated heterocycles. The molecule has 2 heterocycles. The van der Waals surface area contributed by atoms with Crippen molar-refractivity contribution >= 4 is 17.9 Å². The molecule has 2 fully saturated rings. The van der Waals surface area contributed by atoms with Gasteiger partial charge in [-0.1, -0.05) is 6.08 Å². The molecule has 0 aromatic heterocycles. The third kappa shape index (κ3) is 2.46. The average molecular weight is 268 g/mol. The van der Waals surface area contributed by atoms with E-state index in [-0.39, 0.29) is 18.0 Å². The highest BCUT2D eigenvalue weighted by molar-refractivity contribution is 6.07. The standard InChI is InChI=1S/C12H16N2O5/c1-8(9(15)16)2-5-14-10(17)12(13-11(14)18)3-6-19-7-4-12/h2H,3-7H2,1H3,(H,13,18)(H,15,16). The van der Waals surface area contributed by atoms with Gasteiger partial charge in [-0.2, -0.15) is 0 Å². The smallest absolute Gasteiger partial charge is 0.331 e. The van der Waals surface area contributed by atoms with E-state index in [2.05, 4.69) is 5.32 Å². The minimum Gasteiger partial charge on any atom is -0.478 e. The Labute approximate surface area is 110 Å². The molecule has 0 atom stereocenters. The molecule has 2 rings (SSSR count). The molecule has 7 nitrogen and oxygen atoms in total. The molecule has 3 amide bonds. The summed E-state index contributed by atoms with van der Waals surface area (Å²) in [6.45, 7) is 2.27. The highest BCUT2D eigenvalue weighted by Crippen LogP contribution is 2.28. The first-order valence-corrected chi connectivity index (χ1v) is 6.08. The number of ether oxygens (including phenoxy) is 1. The fourth-order valence-corrected chi connectivity index (χ4v) is 2.22. The molecule has 2 aliphatic heterocycles. The van der Waals surface area contributed by atoms with E-state index < -0.39 is 17.5 Å². The highest BCUT2D eigenvalue weighted by atomic mass is 16.5. The number of carbonyl (C=O) groups excluding carboxylic acids is 2. The van der Waals surface area contributed by atoms with Crippen LogP contribution in [-0.4, -0.2) is 53.2 Å². The van der Waals surface area contributed by atoms with Crippen LogP contribution in [0.5, 0.6) is 0 Å². The summed E-state index contributed by atoms with van der Waals surface area (Å²) in [6, 6.07) is -0.471. The third-order valence-corrected chi connectivity index (χ3v) is 3.51. The van der Waals surface area contributed by atoms with Crippen LogP contribution in [0.3, 0.4) is 0 Å². The summed E-state index contributed by atoms with van der Waals surface area (Å²) in [5.74, 6) is -1.36. The van der Waals surface area contributed by atoms with Crippen LogP contribution in [-0.2, 0) is 14.3 Å². The van der Waals surface area contributed by atoms with Gasteiger partial charge in [0, 0.05) is 38.2 Å². The second-order valence-corrected chi connectivity index (χ2v) is 4.73. The lowest BCUT2D eigenvalue weighted by atomic mass is 9.90. The Morgan fingerprint density at radius 1 is 1.47 bits per heavy atom. The molecule has 2 N–H and O–H groups in total. The van der Waals surface area contributed by atoms with Gasteiger partial charge in [0.15, 0.2) is 0 Å². The van der Waals surface area contributed by atoms with Gasteiger partial charge in [0.1, 0.15) is 5.54 Å². The van der Waals surface area contributed by atoms with Gasteiger partial charge in [-0.05, 0) is 6.92 Å². The maximum absolute atomic E-state index is 12.3. The van der Waals surface area contributed by atoms with Gasteiger partial charge in [0.2, 0.25) is 0 Å². The number of amides is 3. The SMILES string of the molecule is CC(=CCN1C(=O)NC2(CCOCC2)C1=O)C(=O)O. The zero-order valence-electron chi connectivity index (χ0n) is 10.6. The van der Waals surface area contributed by atoms with Crippen molar-refractivity contribution in [3.8, 4) is 0 Å². The molecule has 2 aliphatic rings. The molecule has 0 aliphatic carbocycles. The number of nitrogens with one attached hydrogen (secondary N) is 1. The van der Waals surface area contributed by atoms with Gasteiger partial charge < -0.3 is 15.2 Å². The van der Waals surface area contributed by atoms with Crippen LogP contribution in [0.1, 0.15) is 19.8 Å². The molecule has 0 aromatic carbocycles. The number of nitrogens with zero attached hydrogens (tertiary/aromatic N) is 1. The number of carboxylic acid groups (broad SMARTS) is 1. The molecule has 0 bridgehead atoms. The number of aliphatic carboxylic acids is 1. The van der Waals surface area contributed by atoms with Gasteiger partial charge in [0.05, 0.1) is 0 Å². The number of carbonyl (C=O) groups is 3. The molecule has 0 aromatic rings. The number of urea groups is 1. The van der Waals surface area contributed by atoms with Gasteiger partial charge >= 0.3 is 12.0 Å². The number of carboxylic acids is 1. The summed E-state index contributed by atoms with van der Waals surface area (Å²) >= 11 is 0. The minimum absolute atomic E-state index is 0.0224. The predicted molar refractivity (Wildman–Crippen MR) is 64.4 cm³/mol. The topological polar surface area (TPSA) is 95.9 Å². The quantitative estimate of drug-likeness (QED) is 0.560. The second-order valence-electron chi connectivity index (χ2n) is 4.73. The Morgan fingerprint density at radius 3 is 2.68 bits per heavy atom. The van der Waals surface area contributed by atoms with E-state index in [1.54, 1.807) is 0 Å². The van der Waals surface area contributed by atoms with Crippen LogP contribution in [0.4, 0.5) is 4.79 Å². The van der Waals surface area contributed by atoms with Crippen LogP contribution in [0.25, 0.3) is 0 Å². The zero-order chi connectivity index (χ0) is 14.0. The predicted octanol–water partition coefficient (Wildman–Crippen LogP) is 0.118. The van der Waals surface area contributed by atoms with E-state index in [1.165, 1.54) is 13.0 Å². The Kier molecular flexibility index (Phi) is 3.57. The Hall–Kier alpha value is -1.89. The van der Waals surface area contributed by atoms with Crippen LogP contribution in [0.2, 0.25) is 0 Å². The van der Waals surface area contributed by atoms with E-state index in [1.807, 2.05) is 0 Å². The lowest BCUT2D eigenvalue weighted by Gasteiger charge is -2.30.